The number of hydrogen-bond donors (Lipinski definition) is 1. The van der Waals surface area contributed by atoms with Crippen molar-refractivity contribution < 1.29 is 23.7 Å². The van der Waals surface area contributed by atoms with Crippen LogP contribution < -0.4 is 19.5 Å². The third-order valence-electron chi connectivity index (χ3n) is 6.68. The van der Waals surface area contributed by atoms with Crippen molar-refractivity contribution in [2.24, 2.45) is 0 Å². The number of ether oxygens (including phenoxy) is 4. The number of carbonyl (C=O) groups is 1. The first-order valence-corrected chi connectivity index (χ1v) is 12.1. The number of imidazole rings is 1. The quantitative estimate of drug-likeness (QED) is 0.297. The second-order valence-corrected chi connectivity index (χ2v) is 8.94. The minimum absolute atomic E-state index is 0. The Kier molecular flexibility index (Phi) is 7.07. The Labute approximate surface area is 237 Å². The fourth-order valence-corrected chi connectivity index (χ4v) is 5.03. The maximum Gasteiger partial charge on any atom is 0.303 e. The second kappa shape index (κ2) is 10.3. The molecule has 4 aromatic rings. The first-order valence-electron chi connectivity index (χ1n) is 12.1. The van der Waals surface area contributed by atoms with Crippen LogP contribution in [-0.4, -0.2) is 65.4 Å². The molecule has 3 heterocycles. The second-order valence-electron chi connectivity index (χ2n) is 8.94. The molecule has 8 nitrogen and oxygen atoms in total. The monoisotopic (exact) mass is 508 g/mol. The van der Waals surface area contributed by atoms with Crippen molar-refractivity contribution in [3.63, 3.8) is 0 Å². The number of anilines is 1. The van der Waals surface area contributed by atoms with Gasteiger partial charge in [0.25, 0.3) is 0 Å². The summed E-state index contributed by atoms with van der Waals surface area (Å²) in [5.74, 6) is 3.01. The van der Waals surface area contributed by atoms with Gasteiger partial charge in [0.15, 0.2) is 6.10 Å². The van der Waals surface area contributed by atoms with Crippen molar-refractivity contribution in [1.29, 1.82) is 0 Å². The number of aryl methyl sites for hydroxylation is 1. The van der Waals surface area contributed by atoms with Crippen LogP contribution in [0.2, 0.25) is 0 Å². The molecule has 1 radical (unpaired) electrons. The van der Waals surface area contributed by atoms with E-state index < -0.39 is 0 Å². The molecule has 2 aliphatic rings. The Hall–Kier alpha value is -3.20. The van der Waals surface area contributed by atoms with Crippen LogP contribution in [0, 0.1) is 0 Å². The van der Waals surface area contributed by atoms with Gasteiger partial charge in [0, 0.05) is 71.8 Å². The third-order valence-corrected chi connectivity index (χ3v) is 6.68. The molecule has 0 aliphatic carbocycles. The summed E-state index contributed by atoms with van der Waals surface area (Å²) in [6.07, 6.45) is 0.423. The van der Waals surface area contributed by atoms with Gasteiger partial charge in [-0.25, -0.2) is 4.98 Å². The molecule has 2 aliphatic heterocycles. The summed E-state index contributed by atoms with van der Waals surface area (Å²) in [6.45, 7) is 4.34. The SMILES string of the molecule is CCc1nc2ccc(OC)cc2n1-c1cccc2c1OC[C@H]2Nc1ccc2c(c1)OC[C@H]2OC(C)=O.[Na]. The van der Waals surface area contributed by atoms with Crippen molar-refractivity contribution in [1.82, 2.24) is 9.55 Å². The van der Waals surface area contributed by atoms with E-state index in [2.05, 4.69) is 35.0 Å². The van der Waals surface area contributed by atoms with Gasteiger partial charge in [0.2, 0.25) is 0 Å². The summed E-state index contributed by atoms with van der Waals surface area (Å²) in [7, 11) is 1.67. The summed E-state index contributed by atoms with van der Waals surface area (Å²) in [5.41, 5.74) is 5.75. The molecule has 0 unspecified atom stereocenters. The van der Waals surface area contributed by atoms with Gasteiger partial charge in [0.1, 0.15) is 36.3 Å². The molecule has 0 bridgehead atoms. The van der Waals surface area contributed by atoms with Crippen LogP contribution in [0.1, 0.15) is 42.9 Å². The maximum atomic E-state index is 11.4. The largest absolute Gasteiger partial charge is 0.497 e. The average Bonchev–Trinajstić information content (AvgIpc) is 3.58. The number of nitrogens with zero attached hydrogens (tertiary/aromatic N) is 2. The molecule has 0 fully saturated rings. The predicted octanol–water partition coefficient (Wildman–Crippen LogP) is 4.76. The van der Waals surface area contributed by atoms with Crippen LogP contribution in [0.15, 0.2) is 54.6 Å². The van der Waals surface area contributed by atoms with E-state index in [4.69, 9.17) is 23.9 Å². The molecule has 9 heteroatoms. The van der Waals surface area contributed by atoms with Gasteiger partial charge in [-0.1, -0.05) is 19.1 Å². The van der Waals surface area contributed by atoms with E-state index in [0.717, 1.165) is 63.0 Å². The Morgan fingerprint density at radius 3 is 2.76 bits per heavy atom. The molecule has 0 amide bonds. The minimum atomic E-state index is -0.360. The van der Waals surface area contributed by atoms with Gasteiger partial charge in [-0.15, -0.1) is 0 Å². The number of benzene rings is 3. The number of rotatable bonds is 6. The minimum Gasteiger partial charge on any atom is -0.497 e. The van der Waals surface area contributed by atoms with Gasteiger partial charge in [-0.3, -0.25) is 9.36 Å². The fourth-order valence-electron chi connectivity index (χ4n) is 5.03. The van der Waals surface area contributed by atoms with E-state index in [0.29, 0.717) is 13.2 Å². The summed E-state index contributed by atoms with van der Waals surface area (Å²) in [5, 5.41) is 3.58. The summed E-state index contributed by atoms with van der Waals surface area (Å²) < 4.78 is 25.0. The summed E-state index contributed by atoms with van der Waals surface area (Å²) in [4.78, 5) is 16.2. The van der Waals surface area contributed by atoms with Crippen molar-refractivity contribution >= 4 is 52.2 Å². The molecule has 37 heavy (non-hydrogen) atoms. The maximum absolute atomic E-state index is 11.4. The molecule has 1 N–H and O–H groups in total. The van der Waals surface area contributed by atoms with Crippen LogP contribution in [0.5, 0.6) is 17.2 Å². The van der Waals surface area contributed by atoms with Crippen LogP contribution in [0.25, 0.3) is 16.7 Å². The van der Waals surface area contributed by atoms with Crippen LogP contribution >= 0.6 is 0 Å². The molecule has 0 saturated heterocycles. The van der Waals surface area contributed by atoms with Gasteiger partial charge in [0.05, 0.1) is 29.9 Å². The number of nitrogens with one attached hydrogen (secondary N) is 1. The summed E-state index contributed by atoms with van der Waals surface area (Å²) in [6, 6.07) is 18.0. The van der Waals surface area contributed by atoms with Gasteiger partial charge in [-0.05, 0) is 30.3 Å². The molecule has 0 saturated carbocycles. The zero-order chi connectivity index (χ0) is 24.8. The summed E-state index contributed by atoms with van der Waals surface area (Å²) >= 11 is 0. The topological polar surface area (TPSA) is 83.8 Å². The smallest absolute Gasteiger partial charge is 0.303 e. The number of fused-ring (bicyclic) bond motifs is 3. The molecular weight excluding hydrogens is 481 g/mol. The number of aromatic nitrogens is 2. The average molecular weight is 509 g/mol. The van der Waals surface area contributed by atoms with E-state index in [1.807, 2.05) is 36.4 Å². The third kappa shape index (κ3) is 4.54. The zero-order valence-corrected chi connectivity index (χ0v) is 23.4. The Balaban J connectivity index is 0.00000280. The van der Waals surface area contributed by atoms with Gasteiger partial charge < -0.3 is 24.3 Å². The van der Waals surface area contributed by atoms with Crippen molar-refractivity contribution in [3.05, 3.63) is 71.5 Å². The van der Waals surface area contributed by atoms with Crippen molar-refractivity contribution in [3.8, 4) is 22.9 Å². The molecule has 2 atom stereocenters. The first kappa shape index (κ1) is 25.4. The van der Waals surface area contributed by atoms with E-state index in [9.17, 15) is 4.79 Å². The van der Waals surface area contributed by atoms with E-state index >= 15 is 0 Å². The predicted molar refractivity (Wildman–Crippen MR) is 141 cm³/mol. The van der Waals surface area contributed by atoms with Crippen molar-refractivity contribution in [2.45, 2.75) is 32.4 Å². The molecule has 0 spiro atoms. The molecule has 185 valence electrons. The van der Waals surface area contributed by atoms with Crippen LogP contribution in [0.4, 0.5) is 5.69 Å². The number of hydrogen-bond acceptors (Lipinski definition) is 7. The normalized spacial score (nSPS) is 17.3. The van der Waals surface area contributed by atoms with Crippen LogP contribution in [-0.2, 0) is 16.0 Å². The zero-order valence-electron chi connectivity index (χ0n) is 21.4. The Bertz CT molecular complexity index is 1480. The standard InChI is InChI=1S/C28H27N3O5.Na/c1-4-27-30-21-11-9-18(33-3)13-24(21)31(27)23-7-5-6-19-22(14-35-28(19)23)29-17-8-10-20-25(12-17)34-15-26(20)36-16(2)32;/h5-13,22,26,29H,4,14-15H2,1-3H3;/t22-,26-;/m1./s1. The molecular formula is C28H27N3NaO5. The molecule has 3 aromatic carbocycles. The van der Waals surface area contributed by atoms with Gasteiger partial charge in [-0.2, -0.15) is 0 Å². The Morgan fingerprint density at radius 1 is 1.11 bits per heavy atom. The van der Waals surface area contributed by atoms with Gasteiger partial charge >= 0.3 is 5.97 Å². The Morgan fingerprint density at radius 2 is 1.97 bits per heavy atom. The fraction of sp³-hybridized carbons (Fsp3) is 0.286. The van der Waals surface area contributed by atoms with Crippen LogP contribution in [0.3, 0.4) is 0 Å². The van der Waals surface area contributed by atoms with E-state index in [-0.39, 0.29) is 47.7 Å². The number of carbonyl (C=O) groups excluding carboxylic acids is 1. The first-order chi connectivity index (χ1) is 17.6. The van der Waals surface area contributed by atoms with Crippen molar-refractivity contribution in [2.75, 3.05) is 25.6 Å². The molecule has 1 aromatic heterocycles. The van der Waals surface area contributed by atoms with E-state index in [1.165, 1.54) is 6.92 Å². The number of para-hydroxylation sites is 1. The number of esters is 1. The molecule has 6 rings (SSSR count). The number of methoxy groups -OCH3 is 1. The van der Waals surface area contributed by atoms with E-state index in [1.54, 1.807) is 7.11 Å².